The number of carboxylic acids is 1. The van der Waals surface area contributed by atoms with Crippen molar-refractivity contribution in [2.75, 3.05) is 6.54 Å². The van der Waals surface area contributed by atoms with Gasteiger partial charge >= 0.3 is 5.97 Å². The molecule has 0 aromatic heterocycles. The van der Waals surface area contributed by atoms with Gasteiger partial charge in [0.05, 0.1) is 12.1 Å². The maximum Gasteiger partial charge on any atom is 0.322 e. The number of carboxylic acid groups (broad SMARTS) is 1. The minimum atomic E-state index is -1.15. The molecule has 0 rings (SSSR count). The number of carbonyl (C=O) groups is 3. The molecule has 0 spiro atoms. The molecule has 0 fully saturated rings. The Hall–Kier alpha value is -1.67. The van der Waals surface area contributed by atoms with Crippen LogP contribution in [-0.4, -0.2) is 53.4 Å². The van der Waals surface area contributed by atoms with Crippen molar-refractivity contribution in [3.63, 3.8) is 0 Å². The molecule has 1 unspecified atom stereocenters. The molecule has 8 heteroatoms. The van der Waals surface area contributed by atoms with Crippen LogP contribution < -0.4 is 16.0 Å². The van der Waals surface area contributed by atoms with Gasteiger partial charge in [0.25, 0.3) is 0 Å². The highest BCUT2D eigenvalue weighted by Crippen LogP contribution is 2.01. The molecule has 0 aromatic carbocycles. The fraction of sp³-hybridized carbons (Fsp3) is 0.727. The summed E-state index contributed by atoms with van der Waals surface area (Å²) in [6.07, 6.45) is 0.705. The maximum atomic E-state index is 11.5. The fourth-order valence-corrected chi connectivity index (χ4v) is 1.49. The van der Waals surface area contributed by atoms with Gasteiger partial charge < -0.3 is 20.8 Å². The second-order valence-electron chi connectivity index (χ2n) is 4.12. The van der Waals surface area contributed by atoms with E-state index in [-0.39, 0.29) is 0 Å². The zero-order chi connectivity index (χ0) is 14.8. The predicted molar refractivity (Wildman–Crippen MR) is 67.1 cm³/mol. The van der Waals surface area contributed by atoms with Gasteiger partial charge in [0.1, 0.15) is 12.8 Å². The minimum absolute atomic E-state index is 0.480. The Labute approximate surface area is 111 Å². The molecule has 0 heterocycles. The Morgan fingerprint density at radius 2 is 2.00 bits per heavy atom. The highest BCUT2D eigenvalue weighted by molar-refractivity contribution is 5.84. The highest BCUT2D eigenvalue weighted by Gasteiger charge is 2.22. The average Bonchev–Trinajstić information content (AvgIpc) is 2.35. The first-order valence-corrected chi connectivity index (χ1v) is 6.05. The van der Waals surface area contributed by atoms with Crippen LogP contribution in [0.4, 0.5) is 0 Å². The molecule has 0 aliphatic carbocycles. The van der Waals surface area contributed by atoms with Crippen molar-refractivity contribution in [1.82, 2.24) is 16.0 Å². The monoisotopic (exact) mass is 275 g/mol. The van der Waals surface area contributed by atoms with E-state index in [0.717, 1.165) is 6.42 Å². The van der Waals surface area contributed by atoms with Crippen molar-refractivity contribution in [3.8, 4) is 0 Å². The zero-order valence-electron chi connectivity index (χ0n) is 11.0. The number of aliphatic hydroxyl groups is 1. The second-order valence-corrected chi connectivity index (χ2v) is 4.12. The molecule has 0 saturated heterocycles. The van der Waals surface area contributed by atoms with Crippen molar-refractivity contribution < 1.29 is 24.6 Å². The van der Waals surface area contributed by atoms with E-state index < -0.39 is 36.7 Å². The van der Waals surface area contributed by atoms with Crippen molar-refractivity contribution >= 4 is 18.3 Å². The molecule has 0 aliphatic heterocycles. The number of hydrogen-bond donors (Lipinski definition) is 5. The minimum Gasteiger partial charge on any atom is -0.480 e. The SMILES string of the molecule is CCC[C@H](NC=O)C(O)N[C@H](C)C(=O)NCC(=O)O. The van der Waals surface area contributed by atoms with Gasteiger partial charge in [0.15, 0.2) is 0 Å². The number of aliphatic carboxylic acids is 1. The summed E-state index contributed by atoms with van der Waals surface area (Å²) in [4.78, 5) is 32.2. The molecule has 0 radical (unpaired) electrons. The van der Waals surface area contributed by atoms with E-state index in [1.165, 1.54) is 6.92 Å². The molecule has 5 N–H and O–H groups in total. The van der Waals surface area contributed by atoms with Crippen LogP contribution in [0.5, 0.6) is 0 Å². The van der Waals surface area contributed by atoms with Crippen molar-refractivity contribution in [3.05, 3.63) is 0 Å². The fourth-order valence-electron chi connectivity index (χ4n) is 1.49. The summed E-state index contributed by atoms with van der Waals surface area (Å²) in [5.41, 5.74) is 0. The van der Waals surface area contributed by atoms with Crippen LogP contribution >= 0.6 is 0 Å². The van der Waals surface area contributed by atoms with Crippen LogP contribution in [0, 0.1) is 0 Å². The molecule has 110 valence electrons. The van der Waals surface area contributed by atoms with Gasteiger partial charge in [-0.15, -0.1) is 0 Å². The van der Waals surface area contributed by atoms with E-state index in [1.54, 1.807) is 0 Å². The van der Waals surface area contributed by atoms with Crippen LogP contribution in [0.2, 0.25) is 0 Å². The van der Waals surface area contributed by atoms with E-state index in [4.69, 9.17) is 5.11 Å². The van der Waals surface area contributed by atoms with Crippen molar-refractivity contribution in [2.45, 2.75) is 45.0 Å². The van der Waals surface area contributed by atoms with Crippen LogP contribution in [0.25, 0.3) is 0 Å². The van der Waals surface area contributed by atoms with E-state index in [1.807, 2.05) is 6.92 Å². The summed E-state index contributed by atoms with van der Waals surface area (Å²) >= 11 is 0. The third-order valence-electron chi connectivity index (χ3n) is 2.49. The lowest BCUT2D eigenvalue weighted by Gasteiger charge is -2.25. The van der Waals surface area contributed by atoms with E-state index >= 15 is 0 Å². The molecule has 3 atom stereocenters. The topological polar surface area (TPSA) is 128 Å². The van der Waals surface area contributed by atoms with Gasteiger partial charge in [-0.2, -0.15) is 0 Å². The Bertz CT molecular complexity index is 311. The predicted octanol–water partition coefficient (Wildman–Crippen LogP) is -1.60. The van der Waals surface area contributed by atoms with E-state index in [9.17, 15) is 19.5 Å². The van der Waals surface area contributed by atoms with Crippen LogP contribution in [0.3, 0.4) is 0 Å². The lowest BCUT2D eigenvalue weighted by Crippen LogP contribution is -2.54. The summed E-state index contributed by atoms with van der Waals surface area (Å²) < 4.78 is 0. The van der Waals surface area contributed by atoms with Gasteiger partial charge in [-0.25, -0.2) is 0 Å². The molecule has 0 saturated carbocycles. The Morgan fingerprint density at radius 3 is 2.47 bits per heavy atom. The van der Waals surface area contributed by atoms with Crippen LogP contribution in [0.15, 0.2) is 0 Å². The lowest BCUT2D eigenvalue weighted by atomic mass is 10.1. The average molecular weight is 275 g/mol. The van der Waals surface area contributed by atoms with E-state index in [0.29, 0.717) is 12.8 Å². The largest absolute Gasteiger partial charge is 0.480 e. The number of hydrogen-bond acceptors (Lipinski definition) is 5. The van der Waals surface area contributed by atoms with Crippen LogP contribution in [0.1, 0.15) is 26.7 Å². The number of rotatable bonds is 10. The van der Waals surface area contributed by atoms with Gasteiger partial charge in [-0.05, 0) is 13.3 Å². The Morgan fingerprint density at radius 1 is 1.37 bits per heavy atom. The molecule has 0 bridgehead atoms. The molecule has 8 nitrogen and oxygen atoms in total. The van der Waals surface area contributed by atoms with Gasteiger partial charge in [-0.1, -0.05) is 13.3 Å². The van der Waals surface area contributed by atoms with Gasteiger partial charge in [0, 0.05) is 0 Å². The second kappa shape index (κ2) is 9.29. The Balaban J connectivity index is 4.26. The first-order chi connectivity index (χ1) is 8.92. The quantitative estimate of drug-likeness (QED) is 0.241. The number of nitrogens with one attached hydrogen (secondary N) is 3. The summed E-state index contributed by atoms with van der Waals surface area (Å²) in [7, 11) is 0. The number of amides is 2. The zero-order valence-corrected chi connectivity index (χ0v) is 11.0. The molecule has 19 heavy (non-hydrogen) atoms. The molecule has 0 aliphatic rings. The third kappa shape index (κ3) is 7.37. The standard InChI is InChI=1S/C11H21N3O5/c1-3-4-8(13-6-15)11(19)14-7(2)10(18)12-5-9(16)17/h6-8,11,14,19H,3-5H2,1-2H3,(H,12,18)(H,13,15)(H,16,17)/t7-,8+,11?/m1/s1. The van der Waals surface area contributed by atoms with Gasteiger partial charge in [0.2, 0.25) is 12.3 Å². The van der Waals surface area contributed by atoms with E-state index in [2.05, 4.69) is 16.0 Å². The highest BCUT2D eigenvalue weighted by atomic mass is 16.4. The normalized spacial score (nSPS) is 15.1. The smallest absolute Gasteiger partial charge is 0.322 e. The summed E-state index contributed by atoms with van der Waals surface area (Å²) in [5.74, 6) is -1.68. The van der Waals surface area contributed by atoms with Crippen LogP contribution in [-0.2, 0) is 14.4 Å². The Kier molecular flexibility index (Phi) is 8.47. The van der Waals surface area contributed by atoms with Crippen molar-refractivity contribution in [1.29, 1.82) is 0 Å². The number of carbonyl (C=O) groups excluding carboxylic acids is 2. The maximum absolute atomic E-state index is 11.5. The first kappa shape index (κ1) is 17.3. The summed E-state index contributed by atoms with van der Waals surface area (Å²) in [6.45, 7) is 2.91. The molecular weight excluding hydrogens is 254 g/mol. The third-order valence-corrected chi connectivity index (χ3v) is 2.49. The number of aliphatic hydroxyl groups excluding tert-OH is 1. The molecular formula is C11H21N3O5. The van der Waals surface area contributed by atoms with Crippen molar-refractivity contribution in [2.24, 2.45) is 0 Å². The lowest BCUT2D eigenvalue weighted by molar-refractivity contribution is -0.138. The summed E-state index contributed by atoms with van der Waals surface area (Å²) in [5, 5.41) is 25.5. The van der Waals surface area contributed by atoms with Gasteiger partial charge in [-0.3, -0.25) is 19.7 Å². The molecule has 2 amide bonds. The first-order valence-electron chi connectivity index (χ1n) is 6.05. The molecule has 0 aromatic rings. The summed E-state index contributed by atoms with van der Waals surface area (Å²) in [6, 6.07) is -1.28.